The molecule has 1 fully saturated rings. The number of halogens is 1. The maximum absolute atomic E-state index is 14.1. The maximum Gasteiger partial charge on any atom is 0.244 e. The van der Waals surface area contributed by atoms with Crippen molar-refractivity contribution in [3.8, 4) is 11.4 Å². The van der Waals surface area contributed by atoms with Gasteiger partial charge in [-0.2, -0.15) is 4.98 Å². The Morgan fingerprint density at radius 2 is 2.17 bits per heavy atom. The Morgan fingerprint density at radius 1 is 1.28 bits per heavy atom. The van der Waals surface area contributed by atoms with Crippen LogP contribution in [0.3, 0.4) is 0 Å². The third-order valence-corrected chi connectivity index (χ3v) is 5.07. The number of nitrogens with one attached hydrogen (secondary N) is 1. The minimum Gasteiger partial charge on any atom is -0.383 e. The fraction of sp³-hybridized carbons (Fsp3) is 0.381. The second-order valence-electron chi connectivity index (χ2n) is 7.00. The maximum atomic E-state index is 14.1. The highest BCUT2D eigenvalue weighted by Gasteiger charge is 2.31. The Morgan fingerprint density at radius 3 is 3.03 bits per heavy atom. The van der Waals surface area contributed by atoms with Crippen molar-refractivity contribution in [1.29, 1.82) is 0 Å². The Bertz CT molecular complexity index is 948. The van der Waals surface area contributed by atoms with E-state index in [2.05, 4.69) is 25.3 Å². The lowest BCUT2D eigenvalue weighted by Crippen LogP contribution is -2.23. The van der Waals surface area contributed by atoms with Gasteiger partial charge >= 0.3 is 0 Å². The van der Waals surface area contributed by atoms with E-state index < -0.39 is 0 Å². The molecule has 1 N–H and O–H groups in total. The number of anilines is 1. The summed E-state index contributed by atoms with van der Waals surface area (Å²) in [4.78, 5) is 11.2. The summed E-state index contributed by atoms with van der Waals surface area (Å²) in [5.41, 5.74) is 1.45. The van der Waals surface area contributed by atoms with Crippen molar-refractivity contribution in [2.45, 2.75) is 25.4 Å². The van der Waals surface area contributed by atoms with Crippen LogP contribution >= 0.6 is 0 Å². The minimum atomic E-state index is -0.188. The molecule has 152 valence electrons. The molecule has 0 saturated carbocycles. The van der Waals surface area contributed by atoms with Gasteiger partial charge in [0.15, 0.2) is 0 Å². The summed E-state index contributed by atoms with van der Waals surface area (Å²) in [7, 11) is 1.65. The van der Waals surface area contributed by atoms with Gasteiger partial charge in [-0.15, -0.1) is 0 Å². The monoisotopic (exact) mass is 397 g/mol. The van der Waals surface area contributed by atoms with Crippen LogP contribution in [0.2, 0.25) is 0 Å². The number of aromatic nitrogens is 3. The molecule has 0 aliphatic carbocycles. The molecule has 0 spiro atoms. The summed E-state index contributed by atoms with van der Waals surface area (Å²) in [6, 6.07) is 10.6. The first-order valence-electron chi connectivity index (χ1n) is 9.75. The van der Waals surface area contributed by atoms with E-state index in [9.17, 15) is 4.39 Å². The highest BCUT2D eigenvalue weighted by Crippen LogP contribution is 2.34. The molecule has 7 nitrogen and oxygen atoms in total. The molecule has 1 saturated heterocycles. The molecular weight excluding hydrogens is 373 g/mol. The lowest BCUT2D eigenvalue weighted by molar-refractivity contribution is 0.199. The molecule has 4 rings (SSSR count). The number of likely N-dealkylation sites (tertiary alicyclic amines) is 1. The molecular formula is C21H24FN5O2. The van der Waals surface area contributed by atoms with Gasteiger partial charge in [0.05, 0.1) is 18.2 Å². The lowest BCUT2D eigenvalue weighted by atomic mass is 10.1. The summed E-state index contributed by atoms with van der Waals surface area (Å²) >= 11 is 0. The molecule has 0 amide bonds. The molecule has 8 heteroatoms. The molecule has 2 aromatic heterocycles. The van der Waals surface area contributed by atoms with Crippen LogP contribution in [0.4, 0.5) is 10.2 Å². The topological polar surface area (TPSA) is 76.3 Å². The number of ether oxygens (including phenoxy) is 1. The first-order valence-corrected chi connectivity index (χ1v) is 9.75. The number of methoxy groups -OCH3 is 1. The summed E-state index contributed by atoms with van der Waals surface area (Å²) in [6.07, 6.45) is 3.63. The smallest absolute Gasteiger partial charge is 0.244 e. The predicted molar refractivity (Wildman–Crippen MR) is 107 cm³/mol. The van der Waals surface area contributed by atoms with Crippen LogP contribution in [0.15, 0.2) is 47.1 Å². The van der Waals surface area contributed by atoms with Crippen LogP contribution in [0.1, 0.15) is 30.3 Å². The van der Waals surface area contributed by atoms with Crippen molar-refractivity contribution >= 4 is 5.82 Å². The van der Waals surface area contributed by atoms with E-state index in [0.717, 1.165) is 24.9 Å². The number of nitrogens with zero attached hydrogens (tertiary/aromatic N) is 4. The van der Waals surface area contributed by atoms with Crippen molar-refractivity contribution < 1.29 is 13.7 Å². The van der Waals surface area contributed by atoms with E-state index in [1.165, 1.54) is 6.07 Å². The van der Waals surface area contributed by atoms with Crippen LogP contribution < -0.4 is 5.32 Å². The van der Waals surface area contributed by atoms with Gasteiger partial charge in [0.2, 0.25) is 11.7 Å². The normalized spacial score (nSPS) is 17.0. The Balaban J connectivity index is 1.52. The number of pyridine rings is 1. The molecule has 0 unspecified atom stereocenters. The molecule has 29 heavy (non-hydrogen) atoms. The van der Waals surface area contributed by atoms with Gasteiger partial charge in [-0.1, -0.05) is 23.4 Å². The quantitative estimate of drug-likeness (QED) is 0.581. The first kappa shape index (κ1) is 19.5. The first-order chi connectivity index (χ1) is 14.3. The third-order valence-electron chi connectivity index (χ3n) is 5.07. The van der Waals surface area contributed by atoms with Crippen molar-refractivity contribution in [3.05, 3.63) is 59.9 Å². The molecule has 3 aromatic rings. The van der Waals surface area contributed by atoms with Crippen LogP contribution in [0.5, 0.6) is 0 Å². The molecule has 1 aliphatic rings. The van der Waals surface area contributed by atoms with Crippen molar-refractivity contribution in [3.63, 3.8) is 0 Å². The van der Waals surface area contributed by atoms with Crippen molar-refractivity contribution in [2.24, 2.45) is 0 Å². The summed E-state index contributed by atoms with van der Waals surface area (Å²) in [5, 5.41) is 7.41. The van der Waals surface area contributed by atoms with E-state index in [1.54, 1.807) is 19.4 Å². The SMILES string of the molecule is COCCNc1ncccc1-c1noc([C@@H]2CCCN2Cc2ccccc2F)n1. The standard InChI is InChI=1S/C21H24FN5O2/c1-28-13-11-24-19-16(7-4-10-23-19)20-25-21(29-26-20)18-9-5-12-27(18)14-15-6-2-3-8-17(15)22/h2-4,6-8,10,18H,5,9,11-14H2,1H3,(H,23,24)/t18-/m0/s1. The van der Waals surface area contributed by atoms with Gasteiger partial charge in [0.25, 0.3) is 0 Å². The van der Waals surface area contributed by atoms with E-state index in [4.69, 9.17) is 9.26 Å². The minimum absolute atomic E-state index is 0.0163. The Kier molecular flexibility index (Phi) is 6.12. The van der Waals surface area contributed by atoms with Gasteiger partial charge in [-0.25, -0.2) is 9.37 Å². The average Bonchev–Trinajstić information content (AvgIpc) is 3.40. The van der Waals surface area contributed by atoms with Gasteiger partial charge in [0.1, 0.15) is 11.6 Å². The molecule has 1 atom stereocenters. The van der Waals surface area contributed by atoms with E-state index in [1.807, 2.05) is 24.3 Å². The molecule has 1 aliphatic heterocycles. The van der Waals surface area contributed by atoms with Crippen molar-refractivity contribution in [1.82, 2.24) is 20.0 Å². The van der Waals surface area contributed by atoms with E-state index >= 15 is 0 Å². The zero-order chi connectivity index (χ0) is 20.1. The van der Waals surface area contributed by atoms with Gasteiger partial charge in [-0.3, -0.25) is 4.90 Å². The van der Waals surface area contributed by atoms with E-state index in [0.29, 0.717) is 42.8 Å². The highest BCUT2D eigenvalue weighted by molar-refractivity contribution is 5.69. The number of benzene rings is 1. The summed E-state index contributed by atoms with van der Waals surface area (Å²) in [6.45, 7) is 2.59. The highest BCUT2D eigenvalue weighted by atomic mass is 19.1. The van der Waals surface area contributed by atoms with Crippen molar-refractivity contribution in [2.75, 3.05) is 32.1 Å². The fourth-order valence-corrected chi connectivity index (χ4v) is 3.62. The molecule has 0 radical (unpaired) electrons. The van der Waals surface area contributed by atoms with E-state index in [-0.39, 0.29) is 11.9 Å². The van der Waals surface area contributed by atoms with Crippen LogP contribution in [-0.4, -0.2) is 46.8 Å². The van der Waals surface area contributed by atoms with Gasteiger partial charge < -0.3 is 14.6 Å². The predicted octanol–water partition coefficient (Wildman–Crippen LogP) is 3.67. The molecule has 3 heterocycles. The third kappa shape index (κ3) is 4.44. The van der Waals surface area contributed by atoms with Crippen LogP contribution in [-0.2, 0) is 11.3 Å². The average molecular weight is 397 g/mol. The molecule has 0 bridgehead atoms. The Hall–Kier alpha value is -2.84. The zero-order valence-corrected chi connectivity index (χ0v) is 16.3. The second kappa shape index (κ2) is 9.11. The lowest BCUT2D eigenvalue weighted by Gasteiger charge is -2.21. The van der Waals surface area contributed by atoms with Crippen LogP contribution in [0.25, 0.3) is 11.4 Å². The Labute approximate surface area is 168 Å². The number of hydrogen-bond donors (Lipinski definition) is 1. The summed E-state index contributed by atoms with van der Waals surface area (Å²) in [5.74, 6) is 1.55. The van der Waals surface area contributed by atoms with Gasteiger partial charge in [0, 0.05) is 32.0 Å². The van der Waals surface area contributed by atoms with Gasteiger partial charge in [-0.05, 0) is 37.6 Å². The largest absolute Gasteiger partial charge is 0.383 e. The molecule has 1 aromatic carbocycles. The second-order valence-corrected chi connectivity index (χ2v) is 7.00. The fourth-order valence-electron chi connectivity index (χ4n) is 3.62. The summed E-state index contributed by atoms with van der Waals surface area (Å²) < 4.78 is 24.8. The van der Waals surface area contributed by atoms with Crippen LogP contribution in [0, 0.1) is 5.82 Å². The number of hydrogen-bond acceptors (Lipinski definition) is 7. The zero-order valence-electron chi connectivity index (χ0n) is 16.3. The number of rotatable bonds is 8.